The lowest BCUT2D eigenvalue weighted by atomic mass is 10.2. The van der Waals surface area contributed by atoms with Gasteiger partial charge in [0.1, 0.15) is 10.1 Å². The molecule has 2 rings (SSSR count). The molecular weight excluding hydrogens is 400 g/mol. The molecule has 0 atom stereocenters. The Labute approximate surface area is 164 Å². The number of halogens is 1. The number of hydrogen-bond acceptors (Lipinski definition) is 6. The van der Waals surface area contributed by atoms with Gasteiger partial charge in [-0.25, -0.2) is 0 Å². The molecule has 1 heterocycles. The number of phenols is 1. The van der Waals surface area contributed by atoms with E-state index in [4.69, 9.17) is 28.9 Å². The second kappa shape index (κ2) is 9.02. The molecule has 0 aliphatic carbocycles. The van der Waals surface area contributed by atoms with E-state index >= 15 is 0 Å². The third kappa shape index (κ3) is 5.45. The summed E-state index contributed by atoms with van der Waals surface area (Å²) in [6.45, 7) is 0.114. The normalized spacial score (nSPS) is 15.6. The van der Waals surface area contributed by atoms with Crippen molar-refractivity contribution < 1.29 is 24.6 Å². The molecule has 0 saturated carbocycles. The van der Waals surface area contributed by atoms with Crippen LogP contribution in [-0.4, -0.2) is 50.3 Å². The smallest absolute Gasteiger partial charge is 0.305 e. The minimum Gasteiger partial charge on any atom is -0.507 e. The highest BCUT2D eigenvalue weighted by Crippen LogP contribution is 2.34. The number of rotatable bonds is 7. The number of carbonyl (C=O) groups excluding carboxylic acids is 2. The zero-order valence-electron chi connectivity index (χ0n) is 13.4. The second-order valence-corrected chi connectivity index (χ2v) is 7.39. The molecule has 0 spiro atoms. The van der Waals surface area contributed by atoms with Gasteiger partial charge in [-0.15, -0.1) is 0 Å². The lowest BCUT2D eigenvalue weighted by molar-refractivity contribution is -0.136. The van der Waals surface area contributed by atoms with Crippen LogP contribution in [0.2, 0.25) is 5.02 Å². The number of carbonyl (C=O) groups is 3. The van der Waals surface area contributed by atoms with E-state index in [0.717, 1.165) is 11.8 Å². The topological polar surface area (TPSA) is 107 Å². The summed E-state index contributed by atoms with van der Waals surface area (Å²) >= 11 is 12.1. The molecule has 1 aliphatic rings. The van der Waals surface area contributed by atoms with Gasteiger partial charge < -0.3 is 15.5 Å². The van der Waals surface area contributed by atoms with Crippen molar-refractivity contribution in [3.63, 3.8) is 0 Å². The molecule has 1 aromatic rings. The van der Waals surface area contributed by atoms with E-state index in [2.05, 4.69) is 5.32 Å². The molecule has 7 nitrogen and oxygen atoms in total. The summed E-state index contributed by atoms with van der Waals surface area (Å²) in [4.78, 5) is 36.2. The van der Waals surface area contributed by atoms with Crippen LogP contribution >= 0.6 is 35.6 Å². The lowest BCUT2D eigenvalue weighted by Crippen LogP contribution is -2.34. The minimum atomic E-state index is -1.00. The van der Waals surface area contributed by atoms with Crippen LogP contribution < -0.4 is 5.32 Å². The average Bonchev–Trinajstić information content (AvgIpc) is 2.82. The SMILES string of the molecule is O=C(O)CCNC(=O)CCN1C(=O)/C(=C/c2cc(Cl)ccc2O)SC1=S. The van der Waals surface area contributed by atoms with Crippen molar-refractivity contribution in [2.24, 2.45) is 0 Å². The molecule has 0 radical (unpaired) electrons. The molecule has 0 aromatic heterocycles. The summed E-state index contributed by atoms with van der Waals surface area (Å²) in [6.07, 6.45) is 1.33. The van der Waals surface area contributed by atoms with Crippen molar-refractivity contribution >= 4 is 63.8 Å². The number of carboxylic acids is 1. The first-order valence-corrected chi connectivity index (χ1v) is 9.10. The number of phenolic OH excluding ortho intramolecular Hbond substituents is 1. The van der Waals surface area contributed by atoms with Gasteiger partial charge in [0, 0.05) is 30.1 Å². The van der Waals surface area contributed by atoms with Crippen LogP contribution in [0.3, 0.4) is 0 Å². The number of thioether (sulfide) groups is 1. The van der Waals surface area contributed by atoms with Gasteiger partial charge >= 0.3 is 5.97 Å². The van der Waals surface area contributed by atoms with E-state index in [9.17, 15) is 19.5 Å². The van der Waals surface area contributed by atoms with Gasteiger partial charge in [-0.1, -0.05) is 35.6 Å². The molecule has 3 N–H and O–H groups in total. The Balaban J connectivity index is 1.98. The van der Waals surface area contributed by atoms with Crippen molar-refractivity contribution in [2.75, 3.05) is 13.1 Å². The summed E-state index contributed by atoms with van der Waals surface area (Å²) in [5, 5.41) is 21.3. The summed E-state index contributed by atoms with van der Waals surface area (Å²) < 4.78 is 0.307. The Morgan fingerprint density at radius 3 is 2.77 bits per heavy atom. The molecule has 26 heavy (non-hydrogen) atoms. The first kappa shape index (κ1) is 20.2. The van der Waals surface area contributed by atoms with E-state index < -0.39 is 5.97 Å². The van der Waals surface area contributed by atoms with E-state index in [0.29, 0.717) is 19.8 Å². The second-order valence-electron chi connectivity index (χ2n) is 5.28. The minimum absolute atomic E-state index is 0.00174. The summed E-state index contributed by atoms with van der Waals surface area (Å²) in [5.74, 6) is -1.75. The van der Waals surface area contributed by atoms with Gasteiger partial charge in [-0.2, -0.15) is 0 Å². The van der Waals surface area contributed by atoms with Gasteiger partial charge in [-0.05, 0) is 24.3 Å². The molecule has 2 amide bonds. The third-order valence-corrected chi connectivity index (χ3v) is 4.99. The van der Waals surface area contributed by atoms with Gasteiger partial charge in [-0.3, -0.25) is 19.3 Å². The van der Waals surface area contributed by atoms with E-state index in [1.54, 1.807) is 0 Å². The Morgan fingerprint density at radius 2 is 2.08 bits per heavy atom. The summed E-state index contributed by atoms with van der Waals surface area (Å²) in [5.41, 5.74) is 0.393. The van der Waals surface area contributed by atoms with Crippen molar-refractivity contribution in [3.05, 3.63) is 33.7 Å². The fourth-order valence-corrected chi connectivity index (χ4v) is 3.57. The Hall–Kier alpha value is -2.10. The van der Waals surface area contributed by atoms with Crippen LogP contribution in [0.4, 0.5) is 0 Å². The summed E-state index contributed by atoms with van der Waals surface area (Å²) in [6, 6.07) is 4.48. The number of amides is 2. The standard InChI is InChI=1S/C16H15ClN2O5S2/c17-10-1-2-11(20)9(7-10)8-12-15(24)19(16(25)26-12)6-4-13(21)18-5-3-14(22)23/h1-2,7-8,20H,3-6H2,(H,18,21)(H,22,23)/b12-8-. The average molecular weight is 415 g/mol. The van der Waals surface area contributed by atoms with Gasteiger partial charge in [0.15, 0.2) is 0 Å². The molecular formula is C16H15ClN2O5S2. The first-order valence-electron chi connectivity index (χ1n) is 7.50. The Bertz CT molecular complexity index is 797. The molecule has 1 aliphatic heterocycles. The van der Waals surface area contributed by atoms with Gasteiger partial charge in [0.2, 0.25) is 5.91 Å². The number of nitrogens with one attached hydrogen (secondary N) is 1. The fraction of sp³-hybridized carbons (Fsp3) is 0.250. The predicted octanol–water partition coefficient (Wildman–Crippen LogP) is 2.23. The highest BCUT2D eigenvalue weighted by atomic mass is 35.5. The Kier molecular flexibility index (Phi) is 7.01. The third-order valence-electron chi connectivity index (χ3n) is 3.37. The predicted molar refractivity (Wildman–Crippen MR) is 103 cm³/mol. The van der Waals surface area contributed by atoms with Gasteiger partial charge in [0.05, 0.1) is 11.3 Å². The van der Waals surface area contributed by atoms with Crippen LogP contribution in [0.25, 0.3) is 6.08 Å². The van der Waals surface area contributed by atoms with Crippen LogP contribution in [0.1, 0.15) is 18.4 Å². The van der Waals surface area contributed by atoms with Crippen molar-refractivity contribution in [1.29, 1.82) is 0 Å². The van der Waals surface area contributed by atoms with Crippen molar-refractivity contribution in [2.45, 2.75) is 12.8 Å². The molecule has 10 heteroatoms. The maximum atomic E-state index is 12.5. The zero-order chi connectivity index (χ0) is 19.3. The van der Waals surface area contributed by atoms with Gasteiger partial charge in [0.25, 0.3) is 5.91 Å². The fourth-order valence-electron chi connectivity index (χ4n) is 2.09. The number of carboxylic acid groups (broad SMARTS) is 1. The van der Waals surface area contributed by atoms with E-state index in [1.807, 2.05) is 0 Å². The van der Waals surface area contributed by atoms with Crippen LogP contribution in [-0.2, 0) is 14.4 Å². The highest BCUT2D eigenvalue weighted by molar-refractivity contribution is 8.26. The Morgan fingerprint density at radius 1 is 1.35 bits per heavy atom. The maximum absolute atomic E-state index is 12.5. The molecule has 1 aromatic carbocycles. The first-order chi connectivity index (χ1) is 12.3. The molecule has 138 valence electrons. The number of nitrogens with zero attached hydrogens (tertiary/aromatic N) is 1. The zero-order valence-corrected chi connectivity index (χ0v) is 15.8. The maximum Gasteiger partial charge on any atom is 0.305 e. The number of aromatic hydroxyl groups is 1. The largest absolute Gasteiger partial charge is 0.507 e. The molecule has 0 bridgehead atoms. The quantitative estimate of drug-likeness (QED) is 0.464. The van der Waals surface area contributed by atoms with Crippen LogP contribution in [0.5, 0.6) is 5.75 Å². The number of hydrogen-bond donors (Lipinski definition) is 3. The number of aliphatic carboxylic acids is 1. The summed E-state index contributed by atoms with van der Waals surface area (Å²) in [7, 11) is 0. The number of thiocarbonyl (C=S) groups is 1. The monoisotopic (exact) mass is 414 g/mol. The highest BCUT2D eigenvalue weighted by Gasteiger charge is 2.32. The van der Waals surface area contributed by atoms with Crippen molar-refractivity contribution in [3.8, 4) is 5.75 Å². The van der Waals surface area contributed by atoms with E-state index in [-0.39, 0.29) is 43.5 Å². The van der Waals surface area contributed by atoms with Crippen molar-refractivity contribution in [1.82, 2.24) is 10.2 Å². The molecule has 0 unspecified atom stereocenters. The number of benzene rings is 1. The van der Waals surface area contributed by atoms with Crippen LogP contribution in [0.15, 0.2) is 23.1 Å². The van der Waals surface area contributed by atoms with Crippen LogP contribution in [0, 0.1) is 0 Å². The van der Waals surface area contributed by atoms with E-state index in [1.165, 1.54) is 29.2 Å². The lowest BCUT2D eigenvalue weighted by Gasteiger charge is -2.13. The molecule has 1 fully saturated rings. The molecule has 1 saturated heterocycles.